The van der Waals surface area contributed by atoms with E-state index in [0.29, 0.717) is 6.04 Å². The molecule has 2 bridgehead atoms. The highest BCUT2D eigenvalue weighted by atomic mass is 16.5. The topological polar surface area (TPSA) is 45.4 Å². The number of hydrogen-bond acceptors (Lipinski definition) is 5. The summed E-state index contributed by atoms with van der Waals surface area (Å²) in [4.78, 5) is 9.48. The van der Waals surface area contributed by atoms with Crippen molar-refractivity contribution < 1.29 is 4.52 Å². The lowest BCUT2D eigenvalue weighted by Gasteiger charge is -2.35. The van der Waals surface area contributed by atoms with E-state index >= 15 is 0 Å². The summed E-state index contributed by atoms with van der Waals surface area (Å²) in [6.07, 6.45) is 6.44. The number of piperidine rings is 1. The van der Waals surface area contributed by atoms with Crippen molar-refractivity contribution in [2.75, 3.05) is 19.6 Å². The summed E-state index contributed by atoms with van der Waals surface area (Å²) in [6, 6.07) is 17.1. The van der Waals surface area contributed by atoms with Crippen LogP contribution in [0.1, 0.15) is 24.2 Å². The first-order valence-electron chi connectivity index (χ1n) is 10.2. The van der Waals surface area contributed by atoms with Gasteiger partial charge in [-0.3, -0.25) is 14.8 Å². The maximum Gasteiger partial charge on any atom is 0.151 e. The Hall–Kier alpha value is -2.50. The third kappa shape index (κ3) is 3.86. The molecular formula is C23H26N4O. The summed E-state index contributed by atoms with van der Waals surface area (Å²) in [7, 11) is 0. The van der Waals surface area contributed by atoms with E-state index in [1.165, 1.54) is 24.9 Å². The van der Waals surface area contributed by atoms with Gasteiger partial charge in [0, 0.05) is 56.2 Å². The molecule has 2 aromatic heterocycles. The Labute approximate surface area is 166 Å². The molecule has 5 nitrogen and oxygen atoms in total. The first-order chi connectivity index (χ1) is 13.8. The fourth-order valence-corrected chi connectivity index (χ4v) is 4.68. The highest BCUT2D eigenvalue weighted by Crippen LogP contribution is 2.30. The van der Waals surface area contributed by atoms with Gasteiger partial charge in [0.1, 0.15) is 5.69 Å². The summed E-state index contributed by atoms with van der Waals surface area (Å²) in [5.41, 5.74) is 3.34. The molecule has 0 unspecified atom stereocenters. The van der Waals surface area contributed by atoms with Crippen LogP contribution in [0.5, 0.6) is 0 Å². The predicted octanol–water partition coefficient (Wildman–Crippen LogP) is 3.83. The molecule has 0 amide bonds. The quantitative estimate of drug-likeness (QED) is 0.679. The molecule has 28 heavy (non-hydrogen) atoms. The molecule has 0 N–H and O–H groups in total. The third-order valence-electron chi connectivity index (χ3n) is 6.02. The predicted molar refractivity (Wildman–Crippen MR) is 108 cm³/mol. The van der Waals surface area contributed by atoms with Crippen molar-refractivity contribution in [1.29, 1.82) is 0 Å². The summed E-state index contributed by atoms with van der Waals surface area (Å²) >= 11 is 0. The number of benzene rings is 1. The second kappa shape index (κ2) is 7.86. The Balaban J connectivity index is 1.26. The van der Waals surface area contributed by atoms with Gasteiger partial charge >= 0.3 is 0 Å². The number of aromatic nitrogens is 2. The Morgan fingerprint density at radius 3 is 2.75 bits per heavy atom. The molecule has 6 rings (SSSR count). The molecule has 3 aliphatic heterocycles. The van der Waals surface area contributed by atoms with Gasteiger partial charge in [0.2, 0.25) is 0 Å². The second-order valence-corrected chi connectivity index (χ2v) is 8.13. The minimum absolute atomic E-state index is 0.584. The van der Waals surface area contributed by atoms with E-state index in [9.17, 15) is 0 Å². The minimum atomic E-state index is 0.584. The van der Waals surface area contributed by atoms with Crippen molar-refractivity contribution in [3.05, 3.63) is 72.2 Å². The van der Waals surface area contributed by atoms with Crippen molar-refractivity contribution >= 4 is 0 Å². The standard InChI is InChI=1S/C23H26N4O/c1-2-6-20(7-3-1)23-11-22(28-25-23)17-27-15-19-8-9-21(27)16-26(14-19)13-18-5-4-10-24-12-18/h1-7,10-12,19,21H,8-9,13-17H2/t19-,21+/m1/s1. The van der Waals surface area contributed by atoms with E-state index in [1.807, 2.05) is 36.7 Å². The monoisotopic (exact) mass is 374 g/mol. The van der Waals surface area contributed by atoms with Gasteiger partial charge < -0.3 is 4.52 Å². The first kappa shape index (κ1) is 17.6. The van der Waals surface area contributed by atoms with Gasteiger partial charge in [-0.05, 0) is 30.4 Å². The van der Waals surface area contributed by atoms with Crippen LogP contribution < -0.4 is 0 Å². The highest BCUT2D eigenvalue weighted by molar-refractivity contribution is 5.58. The molecule has 0 radical (unpaired) electrons. The Morgan fingerprint density at radius 2 is 1.89 bits per heavy atom. The largest absolute Gasteiger partial charge is 0.359 e. The van der Waals surface area contributed by atoms with Crippen LogP contribution in [0, 0.1) is 5.92 Å². The maximum atomic E-state index is 5.68. The molecule has 144 valence electrons. The van der Waals surface area contributed by atoms with Crippen molar-refractivity contribution in [2.45, 2.75) is 32.0 Å². The zero-order valence-corrected chi connectivity index (χ0v) is 16.1. The van der Waals surface area contributed by atoms with Gasteiger partial charge in [-0.15, -0.1) is 0 Å². The van der Waals surface area contributed by atoms with E-state index in [2.05, 4.69) is 44.2 Å². The van der Waals surface area contributed by atoms with Gasteiger partial charge in [0.05, 0.1) is 6.54 Å². The van der Waals surface area contributed by atoms with Gasteiger partial charge in [-0.2, -0.15) is 0 Å². The second-order valence-electron chi connectivity index (χ2n) is 8.13. The molecule has 0 spiro atoms. The molecule has 0 saturated carbocycles. The fraction of sp³-hybridized carbons (Fsp3) is 0.391. The van der Waals surface area contributed by atoms with Crippen molar-refractivity contribution in [1.82, 2.24) is 19.9 Å². The maximum absolute atomic E-state index is 5.68. The number of nitrogens with zero attached hydrogens (tertiary/aromatic N) is 4. The average Bonchev–Trinajstić information content (AvgIpc) is 3.03. The SMILES string of the molecule is c1ccc(-c2cc(CN3C[C@@H]4CC[C@H]3CN(Cc3cccnc3)C4)on2)cc1. The van der Waals surface area contributed by atoms with Crippen molar-refractivity contribution in [2.24, 2.45) is 5.92 Å². The van der Waals surface area contributed by atoms with Gasteiger partial charge in [0.25, 0.3) is 0 Å². The fourth-order valence-electron chi connectivity index (χ4n) is 4.68. The summed E-state index contributed by atoms with van der Waals surface area (Å²) in [5.74, 6) is 1.69. The number of fused-ring (bicyclic) bond motifs is 4. The molecule has 3 aromatic rings. The van der Waals surface area contributed by atoms with Gasteiger partial charge in [-0.25, -0.2) is 0 Å². The molecule has 3 aliphatic rings. The number of rotatable bonds is 5. The Kier molecular flexibility index (Phi) is 4.93. The molecule has 5 heteroatoms. The van der Waals surface area contributed by atoms with Crippen LogP contribution in [0.15, 0.2) is 65.4 Å². The van der Waals surface area contributed by atoms with Crippen molar-refractivity contribution in [3.63, 3.8) is 0 Å². The number of pyridine rings is 1. The van der Waals surface area contributed by atoms with E-state index < -0.39 is 0 Å². The van der Waals surface area contributed by atoms with Gasteiger partial charge in [0.15, 0.2) is 5.76 Å². The smallest absolute Gasteiger partial charge is 0.151 e. The summed E-state index contributed by atoms with van der Waals surface area (Å²) in [5, 5.41) is 4.29. The Morgan fingerprint density at radius 1 is 0.964 bits per heavy atom. The van der Waals surface area contributed by atoms with E-state index in [1.54, 1.807) is 0 Å². The van der Waals surface area contributed by atoms with Crippen molar-refractivity contribution in [3.8, 4) is 11.3 Å². The van der Waals surface area contributed by atoms with E-state index in [-0.39, 0.29) is 0 Å². The third-order valence-corrected chi connectivity index (χ3v) is 6.02. The van der Waals surface area contributed by atoms with Crippen LogP contribution in [0.25, 0.3) is 11.3 Å². The van der Waals surface area contributed by atoms with Gasteiger partial charge in [-0.1, -0.05) is 41.6 Å². The average molecular weight is 374 g/mol. The lowest BCUT2D eigenvalue weighted by molar-refractivity contribution is 0.111. The van der Waals surface area contributed by atoms with Crippen LogP contribution in [-0.4, -0.2) is 45.6 Å². The lowest BCUT2D eigenvalue weighted by atomic mass is 9.95. The molecular weight excluding hydrogens is 348 g/mol. The lowest BCUT2D eigenvalue weighted by Crippen LogP contribution is -2.43. The van der Waals surface area contributed by atoms with E-state index in [4.69, 9.17) is 4.52 Å². The first-order valence-corrected chi connectivity index (χ1v) is 10.2. The summed E-state index contributed by atoms with van der Waals surface area (Å²) < 4.78 is 5.68. The van der Waals surface area contributed by atoms with Crippen LogP contribution in [-0.2, 0) is 13.1 Å². The van der Waals surface area contributed by atoms with E-state index in [0.717, 1.165) is 49.1 Å². The zero-order valence-electron chi connectivity index (χ0n) is 16.1. The molecule has 3 saturated heterocycles. The Bertz CT molecular complexity index is 895. The molecule has 5 heterocycles. The van der Waals surface area contributed by atoms with Crippen LogP contribution in [0.3, 0.4) is 0 Å². The summed E-state index contributed by atoms with van der Waals surface area (Å²) in [6.45, 7) is 5.28. The van der Waals surface area contributed by atoms with Crippen LogP contribution >= 0.6 is 0 Å². The molecule has 3 fully saturated rings. The highest BCUT2D eigenvalue weighted by Gasteiger charge is 2.35. The molecule has 1 aromatic carbocycles. The van der Waals surface area contributed by atoms with Crippen LogP contribution in [0.2, 0.25) is 0 Å². The molecule has 2 atom stereocenters. The minimum Gasteiger partial charge on any atom is -0.359 e. The molecule has 0 aliphatic carbocycles. The zero-order chi connectivity index (χ0) is 18.8. The van der Waals surface area contributed by atoms with Crippen LogP contribution in [0.4, 0.5) is 0 Å². The number of hydrogen-bond donors (Lipinski definition) is 0. The normalized spacial score (nSPS) is 23.0.